The van der Waals surface area contributed by atoms with Crippen molar-refractivity contribution in [1.82, 2.24) is 5.43 Å². The Balaban J connectivity index is 2.33. The van der Waals surface area contributed by atoms with Crippen LogP contribution in [0.2, 0.25) is 5.02 Å². The molecule has 6 heteroatoms. The average Bonchev–Trinajstić information content (AvgIpc) is 2.19. The molecule has 16 heavy (non-hydrogen) atoms. The first kappa shape index (κ1) is 13.1. The molecule has 0 aromatic heterocycles. The molecule has 90 valence electrons. The van der Waals surface area contributed by atoms with E-state index in [4.69, 9.17) is 11.6 Å². The van der Waals surface area contributed by atoms with Crippen LogP contribution in [0.3, 0.4) is 0 Å². The molecule has 1 aromatic rings. The molecule has 2 N–H and O–H groups in total. The highest BCUT2D eigenvalue weighted by Gasteiger charge is 2.35. The van der Waals surface area contributed by atoms with E-state index in [1.165, 1.54) is 0 Å². The highest BCUT2D eigenvalue weighted by Crippen LogP contribution is 2.24. The van der Waals surface area contributed by atoms with E-state index in [0.29, 0.717) is 10.7 Å². The monoisotopic (exact) mass is 252 g/mol. The fourth-order valence-corrected chi connectivity index (χ4v) is 1.08. The minimum atomic E-state index is -4.17. The lowest BCUT2D eigenvalue weighted by Crippen LogP contribution is -2.34. The summed E-state index contributed by atoms with van der Waals surface area (Å²) in [5, 5.41) is 0.578. The molecule has 0 aliphatic rings. The van der Waals surface area contributed by atoms with Gasteiger partial charge in [-0.3, -0.25) is 0 Å². The van der Waals surface area contributed by atoms with E-state index in [2.05, 4.69) is 10.9 Å². The SMILES string of the molecule is CC(CNNc1ccc(Cl)cc1)C(F)(F)F. The summed E-state index contributed by atoms with van der Waals surface area (Å²) < 4.78 is 36.4. The second-order valence-corrected chi connectivity index (χ2v) is 3.89. The van der Waals surface area contributed by atoms with E-state index in [0.717, 1.165) is 6.92 Å². The van der Waals surface area contributed by atoms with Gasteiger partial charge in [0.15, 0.2) is 0 Å². The van der Waals surface area contributed by atoms with Crippen LogP contribution >= 0.6 is 11.6 Å². The molecule has 1 atom stereocenters. The maximum Gasteiger partial charge on any atom is 0.392 e. The Morgan fingerprint density at radius 2 is 1.81 bits per heavy atom. The van der Waals surface area contributed by atoms with Crippen molar-refractivity contribution in [2.75, 3.05) is 12.0 Å². The van der Waals surface area contributed by atoms with E-state index >= 15 is 0 Å². The van der Waals surface area contributed by atoms with Gasteiger partial charge in [0.05, 0.1) is 5.92 Å². The second-order valence-electron chi connectivity index (χ2n) is 3.46. The number of anilines is 1. The van der Waals surface area contributed by atoms with Crippen LogP contribution in [0.15, 0.2) is 24.3 Å². The maximum absolute atomic E-state index is 12.1. The summed E-state index contributed by atoms with van der Waals surface area (Å²) in [5.74, 6) is -1.40. The summed E-state index contributed by atoms with van der Waals surface area (Å²) in [5.41, 5.74) is 5.85. The number of hydrazine groups is 1. The molecule has 0 spiro atoms. The van der Waals surface area contributed by atoms with E-state index < -0.39 is 12.1 Å². The molecule has 0 fully saturated rings. The summed E-state index contributed by atoms with van der Waals surface area (Å²) in [6, 6.07) is 6.65. The third-order valence-corrected chi connectivity index (χ3v) is 2.30. The number of alkyl halides is 3. The van der Waals surface area contributed by atoms with Crippen molar-refractivity contribution < 1.29 is 13.2 Å². The summed E-state index contributed by atoms with van der Waals surface area (Å²) in [6.07, 6.45) is -4.17. The zero-order valence-corrected chi connectivity index (χ0v) is 9.36. The van der Waals surface area contributed by atoms with Gasteiger partial charge in [0.1, 0.15) is 0 Å². The summed E-state index contributed by atoms with van der Waals surface area (Å²) in [4.78, 5) is 0. The standard InChI is InChI=1S/C10H12ClF3N2/c1-7(10(12,13)14)6-15-16-9-4-2-8(11)3-5-9/h2-5,7,15-16H,6H2,1H3. The highest BCUT2D eigenvalue weighted by molar-refractivity contribution is 6.30. The molecule has 1 unspecified atom stereocenters. The van der Waals surface area contributed by atoms with Gasteiger partial charge in [0.25, 0.3) is 0 Å². The fourth-order valence-electron chi connectivity index (χ4n) is 0.955. The van der Waals surface area contributed by atoms with Gasteiger partial charge in [0, 0.05) is 17.3 Å². The van der Waals surface area contributed by atoms with Crippen LogP contribution in [0.25, 0.3) is 0 Å². The van der Waals surface area contributed by atoms with E-state index in [1.54, 1.807) is 24.3 Å². The average molecular weight is 253 g/mol. The molecule has 0 saturated heterocycles. The number of hydrogen-bond donors (Lipinski definition) is 2. The first-order chi connectivity index (χ1) is 7.39. The maximum atomic E-state index is 12.1. The summed E-state index contributed by atoms with van der Waals surface area (Å²) >= 11 is 5.66. The molecule has 0 radical (unpaired) electrons. The van der Waals surface area contributed by atoms with Gasteiger partial charge in [-0.1, -0.05) is 18.5 Å². The van der Waals surface area contributed by atoms with Crippen LogP contribution in [0, 0.1) is 5.92 Å². The number of benzene rings is 1. The zero-order valence-electron chi connectivity index (χ0n) is 8.61. The number of halogens is 4. The third-order valence-electron chi connectivity index (χ3n) is 2.04. The van der Waals surface area contributed by atoms with Crippen molar-refractivity contribution in [3.05, 3.63) is 29.3 Å². The molecular formula is C10H12ClF3N2. The Morgan fingerprint density at radius 3 is 2.31 bits per heavy atom. The van der Waals surface area contributed by atoms with Gasteiger partial charge in [-0.05, 0) is 24.3 Å². The lowest BCUT2D eigenvalue weighted by molar-refractivity contribution is -0.167. The number of nitrogens with one attached hydrogen (secondary N) is 2. The molecule has 0 aliphatic carbocycles. The van der Waals surface area contributed by atoms with Gasteiger partial charge in [-0.25, -0.2) is 5.43 Å². The van der Waals surface area contributed by atoms with Crippen molar-refractivity contribution in [2.24, 2.45) is 5.92 Å². The first-order valence-corrected chi connectivity index (χ1v) is 5.08. The zero-order chi connectivity index (χ0) is 12.2. The quantitative estimate of drug-likeness (QED) is 0.802. The number of hydrogen-bond acceptors (Lipinski definition) is 2. The molecule has 0 heterocycles. The van der Waals surface area contributed by atoms with Crippen LogP contribution in [0.5, 0.6) is 0 Å². The molecular weight excluding hydrogens is 241 g/mol. The van der Waals surface area contributed by atoms with E-state index in [-0.39, 0.29) is 6.54 Å². The number of rotatable bonds is 4. The van der Waals surface area contributed by atoms with E-state index in [1.807, 2.05) is 0 Å². The first-order valence-electron chi connectivity index (χ1n) is 4.71. The van der Waals surface area contributed by atoms with Gasteiger partial charge in [0.2, 0.25) is 0 Å². The lowest BCUT2D eigenvalue weighted by atomic mass is 10.2. The van der Waals surface area contributed by atoms with Crippen molar-refractivity contribution in [1.29, 1.82) is 0 Å². The topological polar surface area (TPSA) is 24.1 Å². The minimum Gasteiger partial charge on any atom is -0.321 e. The summed E-state index contributed by atoms with van der Waals surface area (Å²) in [6.45, 7) is 0.933. The molecule has 2 nitrogen and oxygen atoms in total. The third kappa shape index (κ3) is 4.28. The van der Waals surface area contributed by atoms with Crippen LogP contribution in [0.4, 0.5) is 18.9 Å². The highest BCUT2D eigenvalue weighted by atomic mass is 35.5. The van der Waals surface area contributed by atoms with Gasteiger partial charge >= 0.3 is 6.18 Å². The van der Waals surface area contributed by atoms with Gasteiger partial charge < -0.3 is 5.43 Å². The Hall–Kier alpha value is -0.940. The normalized spacial score (nSPS) is 13.6. The Labute approximate surface area is 96.8 Å². The Bertz CT molecular complexity index is 324. The predicted molar refractivity (Wildman–Crippen MR) is 58.3 cm³/mol. The largest absolute Gasteiger partial charge is 0.392 e. The Kier molecular flexibility index (Phi) is 4.44. The molecule has 0 bridgehead atoms. The van der Waals surface area contributed by atoms with Gasteiger partial charge in [-0.15, -0.1) is 0 Å². The molecule has 0 saturated carbocycles. The smallest absolute Gasteiger partial charge is 0.321 e. The minimum absolute atomic E-state index is 0.188. The van der Waals surface area contributed by atoms with Crippen molar-refractivity contribution in [3.8, 4) is 0 Å². The molecule has 0 amide bonds. The second kappa shape index (κ2) is 5.41. The Morgan fingerprint density at radius 1 is 1.25 bits per heavy atom. The molecule has 0 aliphatic heterocycles. The van der Waals surface area contributed by atoms with Crippen LogP contribution in [-0.2, 0) is 0 Å². The van der Waals surface area contributed by atoms with Gasteiger partial charge in [-0.2, -0.15) is 13.2 Å². The van der Waals surface area contributed by atoms with Crippen molar-refractivity contribution in [2.45, 2.75) is 13.1 Å². The van der Waals surface area contributed by atoms with Crippen LogP contribution < -0.4 is 10.9 Å². The fraction of sp³-hybridized carbons (Fsp3) is 0.400. The molecule has 1 rings (SSSR count). The summed E-state index contributed by atoms with van der Waals surface area (Å²) in [7, 11) is 0. The van der Waals surface area contributed by atoms with Crippen molar-refractivity contribution in [3.63, 3.8) is 0 Å². The van der Waals surface area contributed by atoms with Crippen molar-refractivity contribution >= 4 is 17.3 Å². The lowest BCUT2D eigenvalue weighted by Gasteiger charge is -2.16. The van der Waals surface area contributed by atoms with Crippen LogP contribution in [0.1, 0.15) is 6.92 Å². The van der Waals surface area contributed by atoms with E-state index in [9.17, 15) is 13.2 Å². The van der Waals surface area contributed by atoms with Crippen LogP contribution in [-0.4, -0.2) is 12.7 Å². The molecule has 1 aromatic carbocycles. The predicted octanol–water partition coefficient (Wildman–Crippen LogP) is 3.45.